The van der Waals surface area contributed by atoms with Crippen molar-refractivity contribution in [2.45, 2.75) is 25.8 Å². The van der Waals surface area contributed by atoms with Gasteiger partial charge in [-0.15, -0.1) is 0 Å². The molecule has 0 radical (unpaired) electrons. The first kappa shape index (κ1) is 18.3. The van der Waals surface area contributed by atoms with Gasteiger partial charge in [0, 0.05) is 25.9 Å². The van der Waals surface area contributed by atoms with Crippen molar-refractivity contribution < 1.29 is 4.79 Å². The van der Waals surface area contributed by atoms with E-state index >= 15 is 0 Å². The number of nitrogens with one attached hydrogen (secondary N) is 1. The lowest BCUT2D eigenvalue weighted by Crippen LogP contribution is -2.36. The van der Waals surface area contributed by atoms with Gasteiger partial charge in [-0.25, -0.2) is 9.67 Å². The maximum atomic E-state index is 12.8. The molecule has 7 nitrogen and oxygen atoms in total. The van der Waals surface area contributed by atoms with Gasteiger partial charge in [0.05, 0.1) is 11.9 Å². The number of aromatic nitrogens is 4. The van der Waals surface area contributed by atoms with Gasteiger partial charge < -0.3 is 9.88 Å². The maximum absolute atomic E-state index is 12.8. The Bertz CT molecular complexity index is 1280. The number of aryl methyl sites for hydroxylation is 1. The predicted molar refractivity (Wildman–Crippen MR) is 113 cm³/mol. The van der Waals surface area contributed by atoms with Gasteiger partial charge in [0.1, 0.15) is 11.2 Å². The SMILES string of the molecule is O=C(CCc1nc2c(cnn2-c2ccccc2)c(=O)[nH]1)N1CCc2ccccc2C1. The lowest BCUT2D eigenvalue weighted by molar-refractivity contribution is -0.132. The van der Waals surface area contributed by atoms with Crippen molar-refractivity contribution >= 4 is 16.9 Å². The first-order valence-corrected chi connectivity index (χ1v) is 10.1. The summed E-state index contributed by atoms with van der Waals surface area (Å²) in [7, 11) is 0. The van der Waals surface area contributed by atoms with Crippen LogP contribution < -0.4 is 5.56 Å². The number of carbonyl (C=O) groups is 1. The molecule has 1 N–H and O–H groups in total. The Morgan fingerprint density at radius 2 is 1.80 bits per heavy atom. The second-order valence-corrected chi connectivity index (χ2v) is 7.48. The summed E-state index contributed by atoms with van der Waals surface area (Å²) in [6.45, 7) is 1.36. The molecule has 2 aromatic heterocycles. The number of H-pyrrole nitrogens is 1. The minimum Gasteiger partial charge on any atom is -0.338 e. The van der Waals surface area contributed by atoms with E-state index in [0.29, 0.717) is 36.2 Å². The maximum Gasteiger partial charge on any atom is 0.262 e. The number of fused-ring (bicyclic) bond motifs is 2. The van der Waals surface area contributed by atoms with E-state index in [1.807, 2.05) is 47.4 Å². The first-order valence-electron chi connectivity index (χ1n) is 10.1. The summed E-state index contributed by atoms with van der Waals surface area (Å²) in [5.41, 5.74) is 3.61. The molecule has 0 atom stereocenters. The number of hydrogen-bond donors (Lipinski definition) is 1. The highest BCUT2D eigenvalue weighted by Crippen LogP contribution is 2.19. The fourth-order valence-corrected chi connectivity index (χ4v) is 3.93. The summed E-state index contributed by atoms with van der Waals surface area (Å²) in [5, 5.41) is 4.75. The van der Waals surface area contributed by atoms with Gasteiger partial charge in [0.25, 0.3) is 5.56 Å². The molecule has 0 unspecified atom stereocenters. The minimum absolute atomic E-state index is 0.0730. The number of carbonyl (C=O) groups excluding carboxylic acids is 1. The second kappa shape index (κ2) is 7.59. The summed E-state index contributed by atoms with van der Waals surface area (Å²) < 4.78 is 1.65. The van der Waals surface area contributed by atoms with Crippen molar-refractivity contribution in [3.63, 3.8) is 0 Å². The molecule has 0 saturated carbocycles. The van der Waals surface area contributed by atoms with Gasteiger partial charge in [-0.3, -0.25) is 9.59 Å². The van der Waals surface area contributed by atoms with Crippen LogP contribution in [0.1, 0.15) is 23.4 Å². The third-order valence-electron chi connectivity index (χ3n) is 5.55. The van der Waals surface area contributed by atoms with E-state index in [1.54, 1.807) is 4.68 Å². The molecule has 1 aliphatic heterocycles. The highest BCUT2D eigenvalue weighted by molar-refractivity contribution is 5.77. The molecule has 1 aliphatic rings. The monoisotopic (exact) mass is 399 g/mol. The van der Waals surface area contributed by atoms with Crippen LogP contribution >= 0.6 is 0 Å². The van der Waals surface area contributed by atoms with Crippen LogP contribution in [0.25, 0.3) is 16.7 Å². The van der Waals surface area contributed by atoms with E-state index in [-0.39, 0.29) is 11.5 Å². The molecule has 2 aromatic carbocycles. The van der Waals surface area contributed by atoms with Crippen LogP contribution in [0, 0.1) is 0 Å². The molecule has 0 bridgehead atoms. The van der Waals surface area contributed by atoms with Crippen molar-refractivity contribution in [3.8, 4) is 5.69 Å². The van der Waals surface area contributed by atoms with Gasteiger partial charge in [-0.1, -0.05) is 42.5 Å². The van der Waals surface area contributed by atoms with E-state index < -0.39 is 0 Å². The van der Waals surface area contributed by atoms with Crippen molar-refractivity contribution in [3.05, 3.63) is 88.1 Å². The summed E-state index contributed by atoms with van der Waals surface area (Å²) in [6.07, 6.45) is 3.08. The predicted octanol–water partition coefficient (Wildman–Crippen LogP) is 2.63. The molecule has 150 valence electrons. The van der Waals surface area contributed by atoms with Gasteiger partial charge in [-0.05, 0) is 29.7 Å². The number of aromatic amines is 1. The van der Waals surface area contributed by atoms with Crippen molar-refractivity contribution in [1.29, 1.82) is 0 Å². The Balaban J connectivity index is 1.35. The number of hydrogen-bond acceptors (Lipinski definition) is 4. The van der Waals surface area contributed by atoms with Gasteiger partial charge in [-0.2, -0.15) is 5.10 Å². The molecule has 0 aliphatic carbocycles. The van der Waals surface area contributed by atoms with Crippen LogP contribution in [0.4, 0.5) is 0 Å². The van der Waals surface area contributed by atoms with Crippen molar-refractivity contribution in [2.75, 3.05) is 6.54 Å². The molecule has 5 rings (SSSR count). The van der Waals surface area contributed by atoms with E-state index in [2.05, 4.69) is 27.2 Å². The Kier molecular flexibility index (Phi) is 4.63. The van der Waals surface area contributed by atoms with Crippen molar-refractivity contribution in [1.82, 2.24) is 24.6 Å². The molecule has 30 heavy (non-hydrogen) atoms. The van der Waals surface area contributed by atoms with Gasteiger partial charge >= 0.3 is 0 Å². The van der Waals surface area contributed by atoms with Crippen LogP contribution in [0.3, 0.4) is 0 Å². The smallest absolute Gasteiger partial charge is 0.262 e. The zero-order valence-electron chi connectivity index (χ0n) is 16.4. The summed E-state index contributed by atoms with van der Waals surface area (Å²) in [5.74, 6) is 0.569. The van der Waals surface area contributed by atoms with Crippen LogP contribution in [-0.2, 0) is 24.2 Å². The number of rotatable bonds is 4. The third kappa shape index (κ3) is 3.39. The standard InChI is InChI=1S/C23H21N5O2/c29-21(27-13-12-16-6-4-5-7-17(16)15-27)11-10-20-25-22-19(23(30)26-20)14-24-28(22)18-8-2-1-3-9-18/h1-9,14H,10-13,15H2,(H,25,26,30). The zero-order chi connectivity index (χ0) is 20.5. The second-order valence-electron chi connectivity index (χ2n) is 7.48. The molecule has 4 aromatic rings. The highest BCUT2D eigenvalue weighted by Gasteiger charge is 2.20. The highest BCUT2D eigenvalue weighted by atomic mass is 16.2. The van der Waals surface area contributed by atoms with Gasteiger partial charge in [0.15, 0.2) is 5.65 Å². The Labute approximate surface area is 173 Å². The Morgan fingerprint density at radius 3 is 2.63 bits per heavy atom. The Morgan fingerprint density at radius 1 is 1.03 bits per heavy atom. The lowest BCUT2D eigenvalue weighted by Gasteiger charge is -2.28. The van der Waals surface area contributed by atoms with E-state index in [1.165, 1.54) is 17.3 Å². The fraction of sp³-hybridized carbons (Fsp3) is 0.217. The van der Waals surface area contributed by atoms with Crippen LogP contribution in [-0.4, -0.2) is 37.1 Å². The van der Waals surface area contributed by atoms with E-state index in [9.17, 15) is 9.59 Å². The third-order valence-corrected chi connectivity index (χ3v) is 5.55. The number of benzene rings is 2. The fourth-order valence-electron chi connectivity index (χ4n) is 3.93. The average molecular weight is 399 g/mol. The van der Waals surface area contributed by atoms with Crippen LogP contribution in [0.5, 0.6) is 0 Å². The van der Waals surface area contributed by atoms with E-state index in [0.717, 1.165) is 18.7 Å². The normalized spacial score (nSPS) is 13.4. The molecule has 0 spiro atoms. The molecule has 0 saturated heterocycles. The average Bonchev–Trinajstić information content (AvgIpc) is 3.22. The molecule has 3 heterocycles. The topological polar surface area (TPSA) is 83.9 Å². The van der Waals surface area contributed by atoms with E-state index in [4.69, 9.17) is 0 Å². The quantitative estimate of drug-likeness (QED) is 0.572. The number of amides is 1. The lowest BCUT2D eigenvalue weighted by atomic mass is 9.99. The van der Waals surface area contributed by atoms with Crippen molar-refractivity contribution in [2.24, 2.45) is 0 Å². The molecule has 0 fully saturated rings. The molecular formula is C23H21N5O2. The molecule has 7 heteroatoms. The summed E-state index contributed by atoms with van der Waals surface area (Å²) >= 11 is 0. The Hall–Kier alpha value is -3.74. The number of para-hydroxylation sites is 1. The minimum atomic E-state index is -0.239. The first-order chi connectivity index (χ1) is 14.7. The van der Waals surface area contributed by atoms with Crippen LogP contribution in [0.15, 0.2) is 65.6 Å². The van der Waals surface area contributed by atoms with Crippen LogP contribution in [0.2, 0.25) is 0 Å². The summed E-state index contributed by atoms with van der Waals surface area (Å²) in [4.78, 5) is 34.5. The molecular weight excluding hydrogens is 378 g/mol. The van der Waals surface area contributed by atoms with Gasteiger partial charge in [0.2, 0.25) is 5.91 Å². The zero-order valence-corrected chi connectivity index (χ0v) is 16.4. The molecule has 1 amide bonds. The largest absolute Gasteiger partial charge is 0.338 e. The number of nitrogens with zero attached hydrogens (tertiary/aromatic N) is 4. The summed E-state index contributed by atoms with van der Waals surface area (Å²) in [6, 6.07) is 17.8.